The normalized spacial score (nSPS) is 12.2. The lowest BCUT2D eigenvalue weighted by Crippen LogP contribution is -2.25. The number of hydrogen-bond acceptors (Lipinski definition) is 1. The molecule has 0 unspecified atom stereocenters. The Hall–Kier alpha value is -2.81. The maximum absolute atomic E-state index is 6.50. The smallest absolute Gasteiger partial charge is 0.219 e. The first-order chi connectivity index (χ1) is 12.0. The van der Waals surface area contributed by atoms with E-state index in [-0.39, 0.29) is 0 Å². The molecular formula is C22H21N2O+. The van der Waals surface area contributed by atoms with E-state index in [9.17, 15) is 0 Å². The number of fused-ring (bicyclic) bond motifs is 3. The van der Waals surface area contributed by atoms with Crippen molar-refractivity contribution in [1.29, 1.82) is 0 Å². The topological polar surface area (TPSA) is 21.9 Å². The summed E-state index contributed by atoms with van der Waals surface area (Å²) in [7, 11) is 4.22. The van der Waals surface area contributed by atoms with Crippen molar-refractivity contribution < 1.29 is 8.98 Å². The molecule has 0 spiro atoms. The van der Waals surface area contributed by atoms with Crippen LogP contribution in [0.2, 0.25) is 0 Å². The maximum Gasteiger partial charge on any atom is 0.219 e. The Morgan fingerprint density at radius 3 is 2.60 bits per heavy atom. The summed E-state index contributed by atoms with van der Waals surface area (Å²) in [5, 5.41) is 4.97. The average molecular weight is 329 g/mol. The molecule has 5 rings (SSSR count). The molecule has 0 aliphatic heterocycles. The molecule has 3 heterocycles. The van der Waals surface area contributed by atoms with E-state index in [1.807, 2.05) is 0 Å². The molecule has 0 amide bonds. The van der Waals surface area contributed by atoms with E-state index in [1.54, 1.807) is 0 Å². The average Bonchev–Trinajstić information content (AvgIpc) is 2.97. The molecule has 0 atom stereocenters. The van der Waals surface area contributed by atoms with Crippen molar-refractivity contribution in [2.75, 3.05) is 0 Å². The highest BCUT2D eigenvalue weighted by Gasteiger charge is 2.22. The third kappa shape index (κ3) is 1.73. The van der Waals surface area contributed by atoms with Crippen molar-refractivity contribution in [1.82, 2.24) is 4.57 Å². The van der Waals surface area contributed by atoms with Gasteiger partial charge in [0.25, 0.3) is 0 Å². The highest BCUT2D eigenvalue weighted by Crippen LogP contribution is 2.39. The first kappa shape index (κ1) is 14.5. The number of aromatic nitrogens is 2. The molecule has 0 bridgehead atoms. The molecule has 0 N–H and O–H groups in total. The second-order valence-corrected chi connectivity index (χ2v) is 7.25. The van der Waals surface area contributed by atoms with Gasteiger partial charge in [0.05, 0.1) is 16.5 Å². The van der Waals surface area contributed by atoms with Crippen LogP contribution >= 0.6 is 0 Å². The van der Waals surface area contributed by atoms with E-state index in [1.165, 1.54) is 49.3 Å². The molecule has 0 aliphatic carbocycles. The Kier molecular flexibility index (Phi) is 2.69. The highest BCUT2D eigenvalue weighted by atomic mass is 16.3. The van der Waals surface area contributed by atoms with Crippen LogP contribution in [-0.4, -0.2) is 4.57 Å². The van der Waals surface area contributed by atoms with Crippen molar-refractivity contribution in [2.45, 2.75) is 20.8 Å². The number of rotatable bonds is 0. The van der Waals surface area contributed by atoms with E-state index < -0.39 is 0 Å². The first-order valence-electron chi connectivity index (χ1n) is 8.67. The van der Waals surface area contributed by atoms with Crippen LogP contribution in [0.1, 0.15) is 16.7 Å². The summed E-state index contributed by atoms with van der Waals surface area (Å²) in [6.45, 7) is 6.50. The van der Waals surface area contributed by atoms with Gasteiger partial charge < -0.3 is 8.98 Å². The third-order valence-electron chi connectivity index (χ3n) is 5.57. The van der Waals surface area contributed by atoms with E-state index in [2.05, 4.69) is 80.7 Å². The van der Waals surface area contributed by atoms with Gasteiger partial charge in [0, 0.05) is 30.1 Å². The lowest BCUT2D eigenvalue weighted by molar-refractivity contribution is -0.642. The number of benzene rings is 2. The van der Waals surface area contributed by atoms with Crippen LogP contribution in [-0.2, 0) is 14.1 Å². The number of aryl methyl sites for hydroxylation is 5. The van der Waals surface area contributed by atoms with Gasteiger partial charge in [-0.2, -0.15) is 0 Å². The molecule has 0 saturated heterocycles. The van der Waals surface area contributed by atoms with Gasteiger partial charge in [-0.05, 0) is 49.4 Å². The van der Waals surface area contributed by atoms with Crippen LogP contribution in [0.25, 0.3) is 43.7 Å². The summed E-state index contributed by atoms with van der Waals surface area (Å²) in [6, 6.07) is 8.77. The van der Waals surface area contributed by atoms with Gasteiger partial charge in [-0.25, -0.2) is 4.57 Å². The largest absolute Gasteiger partial charge is 0.455 e. The fourth-order valence-corrected chi connectivity index (χ4v) is 4.41. The fraction of sp³-hybridized carbons (Fsp3) is 0.227. The van der Waals surface area contributed by atoms with Crippen LogP contribution in [0.4, 0.5) is 0 Å². The van der Waals surface area contributed by atoms with E-state index >= 15 is 0 Å². The van der Waals surface area contributed by atoms with Gasteiger partial charge >= 0.3 is 0 Å². The predicted octanol–water partition coefficient (Wildman–Crippen LogP) is 4.98. The highest BCUT2D eigenvalue weighted by molar-refractivity contribution is 6.19. The van der Waals surface area contributed by atoms with Crippen molar-refractivity contribution in [3.63, 3.8) is 0 Å². The molecule has 3 heteroatoms. The Bertz CT molecular complexity index is 1340. The quantitative estimate of drug-likeness (QED) is 0.223. The van der Waals surface area contributed by atoms with Crippen LogP contribution in [0.5, 0.6) is 0 Å². The standard InChI is InChI=1S/C22H21N2O/c1-12-10-15-6-8-24(5)21-18-13(2)16-7-9-23(4)20(16)14(3)22(18)25-17(11-12)19(15)21/h6-11H,1-5H3/q+1. The maximum atomic E-state index is 6.50. The molecule has 124 valence electrons. The Balaban J connectivity index is 2.22. The zero-order valence-electron chi connectivity index (χ0n) is 15.3. The summed E-state index contributed by atoms with van der Waals surface area (Å²) in [5.74, 6) is 0. The monoisotopic (exact) mass is 329 g/mol. The molecular weight excluding hydrogens is 308 g/mol. The van der Waals surface area contributed by atoms with Crippen LogP contribution < -0.4 is 4.57 Å². The Morgan fingerprint density at radius 1 is 1.00 bits per heavy atom. The predicted molar refractivity (Wildman–Crippen MR) is 103 cm³/mol. The van der Waals surface area contributed by atoms with Gasteiger partial charge in [-0.3, -0.25) is 0 Å². The van der Waals surface area contributed by atoms with E-state index in [0.29, 0.717) is 0 Å². The van der Waals surface area contributed by atoms with Crippen molar-refractivity contribution in [2.24, 2.45) is 14.1 Å². The van der Waals surface area contributed by atoms with Gasteiger partial charge in [-0.15, -0.1) is 0 Å². The van der Waals surface area contributed by atoms with E-state index in [0.717, 1.165) is 11.2 Å². The summed E-state index contributed by atoms with van der Waals surface area (Å²) < 4.78 is 10.9. The zero-order valence-corrected chi connectivity index (χ0v) is 15.3. The van der Waals surface area contributed by atoms with Crippen molar-refractivity contribution in [3.8, 4) is 0 Å². The van der Waals surface area contributed by atoms with Gasteiger partial charge in [-0.1, -0.05) is 6.07 Å². The minimum absolute atomic E-state index is 0.963. The van der Waals surface area contributed by atoms with Gasteiger partial charge in [0.1, 0.15) is 18.2 Å². The Labute approximate surface area is 146 Å². The molecule has 2 aromatic carbocycles. The summed E-state index contributed by atoms with van der Waals surface area (Å²) in [6.07, 6.45) is 4.29. The second kappa shape index (κ2) is 4.63. The Morgan fingerprint density at radius 2 is 1.80 bits per heavy atom. The summed E-state index contributed by atoms with van der Waals surface area (Å²) in [5.41, 5.74) is 8.16. The number of pyridine rings is 1. The zero-order chi connectivity index (χ0) is 17.5. The van der Waals surface area contributed by atoms with Gasteiger partial charge in [0.15, 0.2) is 6.20 Å². The van der Waals surface area contributed by atoms with Crippen LogP contribution in [0.3, 0.4) is 0 Å². The SMILES string of the molecule is Cc1cc2ccn(C)c3c4c(C)c5cc[n+](C)c5c(C)c4oc(c1)c23. The van der Waals surface area contributed by atoms with Crippen LogP contribution in [0.15, 0.2) is 41.1 Å². The molecule has 25 heavy (non-hydrogen) atoms. The number of nitrogens with zero attached hydrogens (tertiary/aromatic N) is 2. The lowest BCUT2D eigenvalue weighted by atomic mass is 9.97. The van der Waals surface area contributed by atoms with Crippen molar-refractivity contribution in [3.05, 3.63) is 53.3 Å². The molecule has 3 aromatic heterocycles. The number of hydrogen-bond donors (Lipinski definition) is 0. The molecule has 0 saturated carbocycles. The molecule has 0 aliphatic rings. The van der Waals surface area contributed by atoms with Gasteiger partial charge in [0.2, 0.25) is 5.52 Å². The minimum Gasteiger partial charge on any atom is -0.455 e. The third-order valence-corrected chi connectivity index (χ3v) is 5.57. The first-order valence-corrected chi connectivity index (χ1v) is 8.67. The van der Waals surface area contributed by atoms with E-state index in [4.69, 9.17) is 4.42 Å². The molecule has 5 aromatic rings. The second-order valence-electron chi connectivity index (χ2n) is 7.25. The molecule has 0 radical (unpaired) electrons. The fourth-order valence-electron chi connectivity index (χ4n) is 4.41. The summed E-state index contributed by atoms with van der Waals surface area (Å²) in [4.78, 5) is 0. The molecule has 0 fully saturated rings. The summed E-state index contributed by atoms with van der Waals surface area (Å²) >= 11 is 0. The van der Waals surface area contributed by atoms with Crippen LogP contribution in [0, 0.1) is 20.8 Å². The molecule has 3 nitrogen and oxygen atoms in total. The lowest BCUT2D eigenvalue weighted by Gasteiger charge is -2.16. The van der Waals surface area contributed by atoms with Crippen molar-refractivity contribution >= 4 is 43.7 Å². The minimum atomic E-state index is 0.963.